The van der Waals surface area contributed by atoms with E-state index in [1.165, 1.54) is 29.0 Å². The second-order valence-electron chi connectivity index (χ2n) is 6.35. The molecule has 0 spiro atoms. The molecule has 0 saturated carbocycles. The summed E-state index contributed by atoms with van der Waals surface area (Å²) in [5.74, 6) is 1.36. The van der Waals surface area contributed by atoms with E-state index in [1.807, 2.05) is 0 Å². The predicted octanol–water partition coefficient (Wildman–Crippen LogP) is 5.39. The van der Waals surface area contributed by atoms with E-state index in [4.69, 9.17) is 20.9 Å². The first kappa shape index (κ1) is 20.0. The molecule has 0 atom stereocenters. The maximum atomic E-state index is 13.3. The van der Waals surface area contributed by atoms with Crippen LogP contribution in [0, 0.1) is 0 Å². The minimum Gasteiger partial charge on any atom is -0.485 e. The number of benzene rings is 2. The summed E-state index contributed by atoms with van der Waals surface area (Å²) < 4.78 is 52.5. The molecule has 154 valence electrons. The molecule has 0 aliphatic heterocycles. The SMILES string of the molecule is Cn1c(COc2ccc(Cl)cc2-c2ccno2)nnc1-c1ccccc1C(F)(F)F. The molecule has 2 heterocycles. The third-order valence-electron chi connectivity index (χ3n) is 4.44. The molecule has 0 N–H and O–H groups in total. The molecule has 30 heavy (non-hydrogen) atoms. The zero-order chi connectivity index (χ0) is 21.3. The van der Waals surface area contributed by atoms with Gasteiger partial charge in [0.15, 0.2) is 17.4 Å². The monoisotopic (exact) mass is 434 g/mol. The Labute approximate surface area is 173 Å². The zero-order valence-corrected chi connectivity index (χ0v) is 16.3. The van der Waals surface area contributed by atoms with Gasteiger partial charge in [-0.1, -0.05) is 35.0 Å². The Morgan fingerprint density at radius 3 is 2.60 bits per heavy atom. The molecule has 0 aliphatic carbocycles. The summed E-state index contributed by atoms with van der Waals surface area (Å²) in [6.07, 6.45) is -3.01. The first-order valence-corrected chi connectivity index (χ1v) is 9.10. The van der Waals surface area contributed by atoms with Crippen LogP contribution in [0.4, 0.5) is 13.2 Å². The summed E-state index contributed by atoms with van der Waals surface area (Å²) in [7, 11) is 1.58. The quantitative estimate of drug-likeness (QED) is 0.421. The molecule has 6 nitrogen and oxygen atoms in total. The Morgan fingerprint density at radius 2 is 1.87 bits per heavy atom. The summed E-state index contributed by atoms with van der Waals surface area (Å²) in [6.45, 7) is -0.0273. The van der Waals surface area contributed by atoms with Gasteiger partial charge in [-0.05, 0) is 24.3 Å². The van der Waals surface area contributed by atoms with Gasteiger partial charge in [-0.25, -0.2) is 0 Å². The molecule has 0 fully saturated rings. The van der Waals surface area contributed by atoms with Crippen LogP contribution in [0.3, 0.4) is 0 Å². The Morgan fingerprint density at radius 1 is 1.07 bits per heavy atom. The number of hydrogen-bond acceptors (Lipinski definition) is 5. The predicted molar refractivity (Wildman–Crippen MR) is 103 cm³/mol. The Bertz CT molecular complexity index is 1170. The molecule has 4 rings (SSSR count). The molecule has 0 unspecified atom stereocenters. The lowest BCUT2D eigenvalue weighted by Gasteiger charge is -2.13. The standard InChI is InChI=1S/C20H14ClF3N4O2/c1-28-18(26-27-19(28)13-4-2-3-5-15(13)20(22,23)24)11-29-16-7-6-12(21)10-14(16)17-8-9-25-30-17/h2-10H,11H2,1H3. The summed E-state index contributed by atoms with van der Waals surface area (Å²) >= 11 is 6.06. The summed E-state index contributed by atoms with van der Waals surface area (Å²) in [6, 6.07) is 11.9. The van der Waals surface area contributed by atoms with Gasteiger partial charge in [0.1, 0.15) is 12.4 Å². The van der Waals surface area contributed by atoms with Crippen molar-refractivity contribution < 1.29 is 22.4 Å². The van der Waals surface area contributed by atoms with Crippen molar-refractivity contribution in [3.05, 3.63) is 71.1 Å². The normalized spacial score (nSPS) is 11.6. The van der Waals surface area contributed by atoms with Gasteiger partial charge in [0, 0.05) is 23.7 Å². The molecule has 0 saturated heterocycles. The molecule has 2 aromatic carbocycles. The summed E-state index contributed by atoms with van der Waals surface area (Å²) in [5, 5.41) is 12.1. The van der Waals surface area contributed by atoms with E-state index in [2.05, 4.69) is 15.4 Å². The molecule has 0 bridgehead atoms. The third-order valence-corrected chi connectivity index (χ3v) is 4.68. The third kappa shape index (κ3) is 3.88. The highest BCUT2D eigenvalue weighted by molar-refractivity contribution is 6.30. The van der Waals surface area contributed by atoms with Crippen LogP contribution in [0.2, 0.25) is 5.02 Å². The van der Waals surface area contributed by atoms with Crippen LogP contribution < -0.4 is 4.74 Å². The van der Waals surface area contributed by atoms with E-state index in [-0.39, 0.29) is 18.0 Å². The van der Waals surface area contributed by atoms with Crippen molar-refractivity contribution in [2.75, 3.05) is 0 Å². The highest BCUT2D eigenvalue weighted by Crippen LogP contribution is 2.36. The number of nitrogens with zero attached hydrogens (tertiary/aromatic N) is 4. The van der Waals surface area contributed by atoms with Crippen LogP contribution in [-0.4, -0.2) is 19.9 Å². The van der Waals surface area contributed by atoms with E-state index in [9.17, 15) is 13.2 Å². The fourth-order valence-corrected chi connectivity index (χ4v) is 3.14. The Hall–Kier alpha value is -3.33. The van der Waals surface area contributed by atoms with Crippen molar-refractivity contribution >= 4 is 11.6 Å². The van der Waals surface area contributed by atoms with Crippen LogP contribution >= 0.6 is 11.6 Å². The Kier molecular flexibility index (Phi) is 5.21. The van der Waals surface area contributed by atoms with Gasteiger partial charge in [-0.3, -0.25) is 0 Å². The number of halogens is 4. The van der Waals surface area contributed by atoms with Gasteiger partial charge in [0.05, 0.1) is 17.3 Å². The molecule has 0 radical (unpaired) electrons. The molecular formula is C20H14ClF3N4O2. The fraction of sp³-hybridized carbons (Fsp3) is 0.150. The largest absolute Gasteiger partial charge is 0.485 e. The second-order valence-corrected chi connectivity index (χ2v) is 6.78. The highest BCUT2D eigenvalue weighted by atomic mass is 35.5. The number of hydrogen-bond donors (Lipinski definition) is 0. The van der Waals surface area contributed by atoms with Gasteiger partial charge in [0.25, 0.3) is 0 Å². The van der Waals surface area contributed by atoms with Crippen LogP contribution in [0.5, 0.6) is 5.75 Å². The average Bonchev–Trinajstić information content (AvgIpc) is 3.36. The van der Waals surface area contributed by atoms with Crippen molar-refractivity contribution in [2.24, 2.45) is 7.05 Å². The minimum absolute atomic E-state index is 0.0273. The topological polar surface area (TPSA) is 66.0 Å². The lowest BCUT2D eigenvalue weighted by atomic mass is 10.1. The lowest BCUT2D eigenvalue weighted by Crippen LogP contribution is -2.09. The first-order chi connectivity index (χ1) is 14.3. The van der Waals surface area contributed by atoms with Gasteiger partial charge in [-0.15, -0.1) is 10.2 Å². The van der Waals surface area contributed by atoms with Gasteiger partial charge >= 0.3 is 6.18 Å². The van der Waals surface area contributed by atoms with Crippen molar-refractivity contribution in [3.63, 3.8) is 0 Å². The van der Waals surface area contributed by atoms with Crippen molar-refractivity contribution in [3.8, 4) is 28.5 Å². The maximum absolute atomic E-state index is 13.3. The van der Waals surface area contributed by atoms with Crippen LogP contribution in [-0.2, 0) is 19.8 Å². The van der Waals surface area contributed by atoms with Gasteiger partial charge < -0.3 is 13.8 Å². The molecule has 4 aromatic rings. The second kappa shape index (κ2) is 7.83. The average molecular weight is 435 g/mol. The number of aromatic nitrogens is 4. The molecule has 10 heteroatoms. The number of ether oxygens (including phenoxy) is 1. The molecule has 2 aromatic heterocycles. The Balaban J connectivity index is 1.62. The van der Waals surface area contributed by atoms with Crippen LogP contribution in [0.15, 0.2) is 59.3 Å². The maximum Gasteiger partial charge on any atom is 0.417 e. The van der Waals surface area contributed by atoms with E-state index in [0.29, 0.717) is 27.9 Å². The first-order valence-electron chi connectivity index (χ1n) is 8.73. The van der Waals surface area contributed by atoms with E-state index < -0.39 is 11.7 Å². The van der Waals surface area contributed by atoms with E-state index >= 15 is 0 Å². The highest BCUT2D eigenvalue weighted by Gasteiger charge is 2.34. The molecule has 0 amide bonds. The fourth-order valence-electron chi connectivity index (χ4n) is 2.96. The van der Waals surface area contributed by atoms with E-state index in [0.717, 1.165) is 6.07 Å². The molecule has 0 aliphatic rings. The van der Waals surface area contributed by atoms with Crippen molar-refractivity contribution in [2.45, 2.75) is 12.8 Å². The zero-order valence-electron chi connectivity index (χ0n) is 15.5. The number of rotatable bonds is 5. The summed E-state index contributed by atoms with van der Waals surface area (Å²) in [5.41, 5.74) is -0.247. The minimum atomic E-state index is -4.51. The smallest absolute Gasteiger partial charge is 0.417 e. The lowest BCUT2D eigenvalue weighted by molar-refractivity contribution is -0.137. The summed E-state index contributed by atoms with van der Waals surface area (Å²) in [4.78, 5) is 0. The van der Waals surface area contributed by atoms with Crippen LogP contribution in [0.1, 0.15) is 11.4 Å². The molecular weight excluding hydrogens is 421 g/mol. The van der Waals surface area contributed by atoms with Gasteiger partial charge in [0.2, 0.25) is 0 Å². The number of alkyl halides is 3. The van der Waals surface area contributed by atoms with Crippen molar-refractivity contribution in [1.82, 2.24) is 19.9 Å². The van der Waals surface area contributed by atoms with E-state index in [1.54, 1.807) is 31.3 Å². The van der Waals surface area contributed by atoms with Crippen LogP contribution in [0.25, 0.3) is 22.7 Å². The van der Waals surface area contributed by atoms with Crippen molar-refractivity contribution in [1.29, 1.82) is 0 Å². The van der Waals surface area contributed by atoms with Gasteiger partial charge in [-0.2, -0.15) is 13.2 Å².